The second-order valence-corrected chi connectivity index (χ2v) is 5.42. The summed E-state index contributed by atoms with van der Waals surface area (Å²) in [5.41, 5.74) is 2.88. The van der Waals surface area contributed by atoms with Crippen molar-refractivity contribution in [1.29, 1.82) is 0 Å². The highest BCUT2D eigenvalue weighted by Gasteiger charge is 2.39. The average molecular weight is 231 g/mol. The maximum Gasteiger partial charge on any atom is 0.0715 e. The molecule has 1 aromatic carbocycles. The van der Waals surface area contributed by atoms with E-state index in [9.17, 15) is 0 Å². The second-order valence-electron chi connectivity index (χ2n) is 5.42. The molecule has 1 N–H and O–H groups in total. The quantitative estimate of drug-likeness (QED) is 0.812. The third-order valence-electron chi connectivity index (χ3n) is 3.92. The van der Waals surface area contributed by atoms with E-state index < -0.39 is 0 Å². The second kappa shape index (κ2) is 4.79. The number of benzene rings is 1. The van der Waals surface area contributed by atoms with Crippen LogP contribution in [-0.2, 0) is 11.3 Å². The van der Waals surface area contributed by atoms with Crippen molar-refractivity contribution in [1.82, 2.24) is 5.32 Å². The SMILES string of the molecule is COCc1ccccc1C1CC1CNC1CC1. The molecule has 3 rings (SSSR count). The zero-order valence-electron chi connectivity index (χ0n) is 10.5. The van der Waals surface area contributed by atoms with Crippen molar-refractivity contribution < 1.29 is 4.74 Å². The van der Waals surface area contributed by atoms with Crippen molar-refractivity contribution >= 4 is 0 Å². The van der Waals surface area contributed by atoms with Gasteiger partial charge < -0.3 is 10.1 Å². The van der Waals surface area contributed by atoms with Crippen LogP contribution in [0, 0.1) is 5.92 Å². The molecule has 0 aliphatic heterocycles. The minimum absolute atomic E-state index is 0.745. The molecule has 2 heteroatoms. The highest BCUT2D eigenvalue weighted by molar-refractivity contribution is 5.34. The first-order valence-corrected chi connectivity index (χ1v) is 6.68. The normalized spacial score (nSPS) is 27.1. The van der Waals surface area contributed by atoms with Gasteiger partial charge in [0.2, 0.25) is 0 Å². The molecule has 0 spiro atoms. The van der Waals surface area contributed by atoms with Gasteiger partial charge in [-0.15, -0.1) is 0 Å². The maximum atomic E-state index is 5.27. The number of methoxy groups -OCH3 is 1. The molecule has 0 radical (unpaired) electrons. The molecule has 0 heterocycles. The van der Waals surface area contributed by atoms with Gasteiger partial charge in [-0.1, -0.05) is 24.3 Å². The molecule has 0 aromatic heterocycles. The van der Waals surface area contributed by atoms with Gasteiger partial charge in [-0.2, -0.15) is 0 Å². The lowest BCUT2D eigenvalue weighted by Crippen LogP contribution is -2.19. The standard InChI is InChI=1S/C15H21NO/c1-17-10-11-4-2-3-5-14(11)15-8-12(15)9-16-13-6-7-13/h2-5,12-13,15-16H,6-10H2,1H3. The van der Waals surface area contributed by atoms with Crippen LogP contribution < -0.4 is 5.32 Å². The lowest BCUT2D eigenvalue weighted by Gasteiger charge is -2.08. The van der Waals surface area contributed by atoms with Gasteiger partial charge >= 0.3 is 0 Å². The summed E-state index contributed by atoms with van der Waals surface area (Å²) in [6, 6.07) is 9.57. The molecule has 2 aliphatic rings. The molecular formula is C15H21NO. The molecule has 1 aromatic rings. The van der Waals surface area contributed by atoms with Gasteiger partial charge in [0.1, 0.15) is 0 Å². The van der Waals surface area contributed by atoms with Gasteiger partial charge in [0.25, 0.3) is 0 Å². The summed E-state index contributed by atoms with van der Waals surface area (Å²) in [5.74, 6) is 1.63. The van der Waals surface area contributed by atoms with Crippen molar-refractivity contribution in [3.8, 4) is 0 Å². The molecule has 2 unspecified atom stereocenters. The van der Waals surface area contributed by atoms with Crippen molar-refractivity contribution in [2.45, 2.75) is 37.8 Å². The summed E-state index contributed by atoms with van der Waals surface area (Å²) in [6.45, 7) is 1.95. The molecule has 0 saturated heterocycles. The largest absolute Gasteiger partial charge is 0.380 e. The van der Waals surface area contributed by atoms with E-state index in [4.69, 9.17) is 4.74 Å². The number of ether oxygens (including phenoxy) is 1. The van der Waals surface area contributed by atoms with Crippen LogP contribution in [0.15, 0.2) is 24.3 Å². The topological polar surface area (TPSA) is 21.3 Å². The van der Waals surface area contributed by atoms with Gasteiger partial charge in [0.05, 0.1) is 6.61 Å². The summed E-state index contributed by atoms with van der Waals surface area (Å²) < 4.78 is 5.27. The molecular weight excluding hydrogens is 210 g/mol. The Morgan fingerprint density at radius 2 is 2.12 bits per heavy atom. The van der Waals surface area contributed by atoms with Crippen LogP contribution in [0.3, 0.4) is 0 Å². The molecule has 2 saturated carbocycles. The summed E-state index contributed by atoms with van der Waals surface area (Å²) in [5, 5.41) is 3.64. The number of nitrogens with one attached hydrogen (secondary N) is 1. The Labute approximate surface area is 103 Å². The van der Waals surface area contributed by atoms with E-state index in [0.717, 1.165) is 24.5 Å². The smallest absolute Gasteiger partial charge is 0.0715 e. The first-order chi connectivity index (χ1) is 8.38. The van der Waals surface area contributed by atoms with Crippen LogP contribution in [0.5, 0.6) is 0 Å². The van der Waals surface area contributed by atoms with Gasteiger partial charge in [0, 0.05) is 13.2 Å². The molecule has 2 atom stereocenters. The fourth-order valence-electron chi connectivity index (χ4n) is 2.64. The van der Waals surface area contributed by atoms with Gasteiger partial charge in [-0.3, -0.25) is 0 Å². The predicted molar refractivity (Wildman–Crippen MR) is 69.0 cm³/mol. The van der Waals surface area contributed by atoms with Gasteiger partial charge in [-0.05, 0) is 48.8 Å². The summed E-state index contributed by atoms with van der Waals surface area (Å²) in [6.07, 6.45) is 4.12. The number of rotatable bonds is 6. The maximum absolute atomic E-state index is 5.27. The third-order valence-corrected chi connectivity index (χ3v) is 3.92. The van der Waals surface area contributed by atoms with Crippen molar-refractivity contribution in [3.05, 3.63) is 35.4 Å². The van der Waals surface area contributed by atoms with Gasteiger partial charge in [0.15, 0.2) is 0 Å². The Balaban J connectivity index is 1.60. The van der Waals surface area contributed by atoms with Crippen molar-refractivity contribution in [2.75, 3.05) is 13.7 Å². The van der Waals surface area contributed by atoms with Crippen LogP contribution in [0.25, 0.3) is 0 Å². The zero-order valence-corrected chi connectivity index (χ0v) is 10.5. The van der Waals surface area contributed by atoms with E-state index in [1.807, 2.05) is 0 Å². The molecule has 0 bridgehead atoms. The molecule has 2 fully saturated rings. The lowest BCUT2D eigenvalue weighted by atomic mass is 10.0. The highest BCUT2D eigenvalue weighted by Crippen LogP contribution is 2.48. The van der Waals surface area contributed by atoms with Crippen LogP contribution in [0.2, 0.25) is 0 Å². The molecule has 2 nitrogen and oxygen atoms in total. The lowest BCUT2D eigenvalue weighted by molar-refractivity contribution is 0.184. The van der Waals surface area contributed by atoms with Crippen LogP contribution in [0.4, 0.5) is 0 Å². The van der Waals surface area contributed by atoms with E-state index >= 15 is 0 Å². The van der Waals surface area contributed by atoms with E-state index in [0.29, 0.717) is 0 Å². The van der Waals surface area contributed by atoms with Crippen molar-refractivity contribution in [3.63, 3.8) is 0 Å². The number of hydrogen-bond acceptors (Lipinski definition) is 2. The zero-order chi connectivity index (χ0) is 11.7. The summed E-state index contributed by atoms with van der Waals surface area (Å²) >= 11 is 0. The van der Waals surface area contributed by atoms with E-state index in [1.54, 1.807) is 7.11 Å². The molecule has 17 heavy (non-hydrogen) atoms. The molecule has 0 amide bonds. The fraction of sp³-hybridized carbons (Fsp3) is 0.600. The van der Waals surface area contributed by atoms with E-state index in [-0.39, 0.29) is 0 Å². The minimum atomic E-state index is 0.745. The minimum Gasteiger partial charge on any atom is -0.380 e. The first kappa shape index (κ1) is 11.2. The Morgan fingerprint density at radius 3 is 2.88 bits per heavy atom. The third kappa shape index (κ3) is 2.70. The summed E-state index contributed by atoms with van der Waals surface area (Å²) in [7, 11) is 1.77. The molecule has 2 aliphatic carbocycles. The first-order valence-electron chi connectivity index (χ1n) is 6.68. The molecule has 92 valence electrons. The van der Waals surface area contributed by atoms with E-state index in [1.165, 1.54) is 36.9 Å². The van der Waals surface area contributed by atoms with Gasteiger partial charge in [-0.25, -0.2) is 0 Å². The van der Waals surface area contributed by atoms with Crippen LogP contribution >= 0.6 is 0 Å². The highest BCUT2D eigenvalue weighted by atomic mass is 16.5. The van der Waals surface area contributed by atoms with E-state index in [2.05, 4.69) is 29.6 Å². The number of hydrogen-bond donors (Lipinski definition) is 1. The van der Waals surface area contributed by atoms with Crippen molar-refractivity contribution in [2.24, 2.45) is 5.92 Å². The Bertz CT molecular complexity index is 386. The van der Waals surface area contributed by atoms with Crippen LogP contribution in [0.1, 0.15) is 36.3 Å². The monoisotopic (exact) mass is 231 g/mol. The Hall–Kier alpha value is -0.860. The Kier molecular flexibility index (Phi) is 3.17. The predicted octanol–water partition coefficient (Wildman–Crippen LogP) is 2.69. The average Bonchev–Trinajstić information content (AvgIpc) is 3.23. The summed E-state index contributed by atoms with van der Waals surface area (Å²) in [4.78, 5) is 0. The van der Waals surface area contributed by atoms with Crippen LogP contribution in [-0.4, -0.2) is 19.7 Å². The fourth-order valence-corrected chi connectivity index (χ4v) is 2.64. The Morgan fingerprint density at radius 1 is 1.29 bits per heavy atom.